The summed E-state index contributed by atoms with van der Waals surface area (Å²) in [6.45, 7) is 6.25. The summed E-state index contributed by atoms with van der Waals surface area (Å²) in [5.74, 6) is 0.628. The Kier molecular flexibility index (Phi) is 4.14. The highest BCUT2D eigenvalue weighted by molar-refractivity contribution is 6.29. The van der Waals surface area contributed by atoms with E-state index in [0.717, 1.165) is 18.5 Å². The fraction of sp³-hybridized carbons (Fsp3) is 0.600. The second-order valence-corrected chi connectivity index (χ2v) is 3.70. The van der Waals surface area contributed by atoms with E-state index < -0.39 is 0 Å². The molecule has 1 unspecified atom stereocenters. The molecule has 0 radical (unpaired) electrons. The molecule has 4 heteroatoms. The van der Waals surface area contributed by atoms with Gasteiger partial charge in [0.05, 0.1) is 0 Å². The summed E-state index contributed by atoms with van der Waals surface area (Å²) in [5, 5.41) is 3.70. The van der Waals surface area contributed by atoms with Gasteiger partial charge in [-0.3, -0.25) is 0 Å². The summed E-state index contributed by atoms with van der Waals surface area (Å²) in [6.07, 6.45) is 1.91. The number of rotatable bonds is 4. The third kappa shape index (κ3) is 3.14. The molecule has 3 nitrogen and oxygen atoms in total. The molecule has 1 N–H and O–H groups in total. The molecule has 0 fully saturated rings. The van der Waals surface area contributed by atoms with Crippen molar-refractivity contribution < 1.29 is 0 Å². The van der Waals surface area contributed by atoms with Crippen LogP contribution >= 0.6 is 11.6 Å². The van der Waals surface area contributed by atoms with Gasteiger partial charge in [0.15, 0.2) is 0 Å². The lowest BCUT2D eigenvalue weighted by atomic mass is 10.3. The van der Waals surface area contributed by atoms with Gasteiger partial charge in [0.2, 0.25) is 5.95 Å². The highest BCUT2D eigenvalue weighted by atomic mass is 35.5. The van der Waals surface area contributed by atoms with Gasteiger partial charge in [-0.15, -0.1) is 0 Å². The molecule has 0 aliphatic heterocycles. The first-order valence-electron chi connectivity index (χ1n) is 4.95. The van der Waals surface area contributed by atoms with Crippen LogP contribution in [0.15, 0.2) is 6.07 Å². The van der Waals surface area contributed by atoms with Crippen molar-refractivity contribution in [3.8, 4) is 0 Å². The maximum Gasteiger partial charge on any atom is 0.224 e. The zero-order chi connectivity index (χ0) is 10.6. The average Bonchev–Trinajstić information content (AvgIpc) is 2.16. The van der Waals surface area contributed by atoms with Gasteiger partial charge in [0.1, 0.15) is 5.15 Å². The SMILES string of the molecule is CCc1cc(Cl)nc(NC(C)CC)n1. The van der Waals surface area contributed by atoms with Crippen LogP contribution in [0.25, 0.3) is 0 Å². The maximum absolute atomic E-state index is 5.86. The third-order valence-electron chi connectivity index (χ3n) is 2.10. The molecule has 0 spiro atoms. The Morgan fingerprint density at radius 1 is 1.43 bits per heavy atom. The van der Waals surface area contributed by atoms with Crippen molar-refractivity contribution in [2.24, 2.45) is 0 Å². The number of hydrogen-bond acceptors (Lipinski definition) is 3. The summed E-state index contributed by atoms with van der Waals surface area (Å²) in [7, 11) is 0. The van der Waals surface area contributed by atoms with E-state index in [1.54, 1.807) is 6.07 Å². The van der Waals surface area contributed by atoms with E-state index in [0.29, 0.717) is 17.1 Å². The minimum absolute atomic E-state index is 0.373. The molecule has 0 aromatic carbocycles. The predicted octanol–water partition coefficient (Wildman–Crippen LogP) is 2.90. The molecular weight excluding hydrogens is 198 g/mol. The third-order valence-corrected chi connectivity index (χ3v) is 2.29. The Balaban J connectivity index is 2.81. The van der Waals surface area contributed by atoms with Gasteiger partial charge in [0, 0.05) is 11.7 Å². The van der Waals surface area contributed by atoms with E-state index in [1.807, 2.05) is 6.92 Å². The van der Waals surface area contributed by atoms with E-state index in [1.165, 1.54) is 0 Å². The number of aryl methyl sites for hydroxylation is 1. The molecule has 1 aromatic rings. The first kappa shape index (κ1) is 11.2. The fourth-order valence-electron chi connectivity index (χ4n) is 1.03. The number of hydrogen-bond donors (Lipinski definition) is 1. The van der Waals surface area contributed by atoms with Crippen LogP contribution in [0.1, 0.15) is 32.9 Å². The Hall–Kier alpha value is -0.830. The largest absolute Gasteiger partial charge is 0.352 e. The van der Waals surface area contributed by atoms with Crippen LogP contribution in [-0.2, 0) is 6.42 Å². The summed E-state index contributed by atoms with van der Waals surface area (Å²) >= 11 is 5.86. The van der Waals surface area contributed by atoms with E-state index in [2.05, 4.69) is 29.1 Å². The molecule has 0 aliphatic rings. The Morgan fingerprint density at radius 2 is 2.14 bits per heavy atom. The minimum Gasteiger partial charge on any atom is -0.352 e. The van der Waals surface area contributed by atoms with Crippen LogP contribution in [0.5, 0.6) is 0 Å². The van der Waals surface area contributed by atoms with Crippen molar-refractivity contribution in [3.05, 3.63) is 16.9 Å². The topological polar surface area (TPSA) is 37.8 Å². The molecule has 0 saturated carbocycles. The van der Waals surface area contributed by atoms with Crippen LogP contribution in [0.2, 0.25) is 5.15 Å². The highest BCUT2D eigenvalue weighted by Crippen LogP contribution is 2.12. The molecule has 14 heavy (non-hydrogen) atoms. The van der Waals surface area contributed by atoms with Crippen molar-refractivity contribution >= 4 is 17.5 Å². The molecule has 78 valence electrons. The number of halogens is 1. The lowest BCUT2D eigenvalue weighted by Crippen LogP contribution is -2.16. The second-order valence-electron chi connectivity index (χ2n) is 3.31. The number of anilines is 1. The monoisotopic (exact) mass is 213 g/mol. The van der Waals surface area contributed by atoms with Crippen LogP contribution < -0.4 is 5.32 Å². The van der Waals surface area contributed by atoms with Crippen molar-refractivity contribution in [2.75, 3.05) is 5.32 Å². The number of nitrogens with one attached hydrogen (secondary N) is 1. The van der Waals surface area contributed by atoms with Crippen LogP contribution in [0, 0.1) is 0 Å². The normalized spacial score (nSPS) is 12.6. The molecule has 0 amide bonds. The van der Waals surface area contributed by atoms with Gasteiger partial charge in [0.25, 0.3) is 0 Å². The molecule has 1 atom stereocenters. The summed E-state index contributed by atoms with van der Waals surface area (Å²) in [6, 6.07) is 2.17. The first-order valence-corrected chi connectivity index (χ1v) is 5.33. The number of nitrogens with zero attached hydrogens (tertiary/aromatic N) is 2. The smallest absolute Gasteiger partial charge is 0.224 e. The molecular formula is C10H16ClN3. The zero-order valence-corrected chi connectivity index (χ0v) is 9.60. The van der Waals surface area contributed by atoms with Crippen LogP contribution in [-0.4, -0.2) is 16.0 Å². The molecule has 0 aliphatic carbocycles. The van der Waals surface area contributed by atoms with E-state index in [9.17, 15) is 0 Å². The Bertz CT molecular complexity index is 301. The molecule has 1 aromatic heterocycles. The summed E-state index contributed by atoms with van der Waals surface area (Å²) in [5.41, 5.74) is 0.968. The molecule has 1 heterocycles. The highest BCUT2D eigenvalue weighted by Gasteiger charge is 2.04. The average molecular weight is 214 g/mol. The fourth-order valence-corrected chi connectivity index (χ4v) is 1.24. The first-order chi connectivity index (χ1) is 6.65. The molecule has 0 bridgehead atoms. The predicted molar refractivity (Wildman–Crippen MR) is 59.8 cm³/mol. The molecule has 0 saturated heterocycles. The van der Waals surface area contributed by atoms with Crippen molar-refractivity contribution in [1.82, 2.24) is 9.97 Å². The van der Waals surface area contributed by atoms with Gasteiger partial charge in [-0.2, -0.15) is 0 Å². The van der Waals surface area contributed by atoms with Gasteiger partial charge in [-0.1, -0.05) is 25.4 Å². The number of aromatic nitrogens is 2. The van der Waals surface area contributed by atoms with E-state index >= 15 is 0 Å². The zero-order valence-electron chi connectivity index (χ0n) is 8.84. The van der Waals surface area contributed by atoms with Crippen molar-refractivity contribution in [1.29, 1.82) is 0 Å². The quantitative estimate of drug-likeness (QED) is 0.782. The Labute approximate surface area is 89.9 Å². The van der Waals surface area contributed by atoms with Crippen LogP contribution in [0.3, 0.4) is 0 Å². The summed E-state index contributed by atoms with van der Waals surface area (Å²) in [4.78, 5) is 8.45. The van der Waals surface area contributed by atoms with Crippen LogP contribution in [0.4, 0.5) is 5.95 Å². The second kappa shape index (κ2) is 5.15. The lowest BCUT2D eigenvalue weighted by Gasteiger charge is -2.11. The van der Waals surface area contributed by atoms with Gasteiger partial charge in [-0.25, -0.2) is 9.97 Å². The standard InChI is InChI=1S/C10H16ClN3/c1-4-7(3)12-10-13-8(5-2)6-9(11)14-10/h6-7H,4-5H2,1-3H3,(H,12,13,14). The van der Waals surface area contributed by atoms with E-state index in [-0.39, 0.29) is 0 Å². The van der Waals surface area contributed by atoms with Crippen molar-refractivity contribution in [3.63, 3.8) is 0 Å². The van der Waals surface area contributed by atoms with Gasteiger partial charge >= 0.3 is 0 Å². The Morgan fingerprint density at radius 3 is 2.71 bits per heavy atom. The minimum atomic E-state index is 0.373. The van der Waals surface area contributed by atoms with Gasteiger partial charge in [-0.05, 0) is 25.8 Å². The van der Waals surface area contributed by atoms with Gasteiger partial charge < -0.3 is 5.32 Å². The summed E-state index contributed by atoms with van der Waals surface area (Å²) < 4.78 is 0. The van der Waals surface area contributed by atoms with E-state index in [4.69, 9.17) is 11.6 Å². The maximum atomic E-state index is 5.86. The lowest BCUT2D eigenvalue weighted by molar-refractivity contribution is 0.750. The molecule has 1 rings (SSSR count). The van der Waals surface area contributed by atoms with Crippen molar-refractivity contribution in [2.45, 2.75) is 39.7 Å².